The molecule has 8 heteroatoms. The lowest BCUT2D eigenvalue weighted by molar-refractivity contribution is 0.187. The lowest BCUT2D eigenvalue weighted by Gasteiger charge is -2.21. The molecule has 1 fully saturated rings. The van der Waals surface area contributed by atoms with E-state index in [-0.39, 0.29) is 34.9 Å². The number of hydrogen-bond acceptors (Lipinski definition) is 4. The minimum Gasteiger partial charge on any atom is -0.465 e. The third-order valence-corrected chi connectivity index (χ3v) is 4.37. The molecule has 1 atom stereocenters. The third-order valence-electron chi connectivity index (χ3n) is 4.06. The summed E-state index contributed by atoms with van der Waals surface area (Å²) < 4.78 is 1.37. The van der Waals surface area contributed by atoms with Crippen molar-refractivity contribution in [2.24, 2.45) is 5.92 Å². The highest BCUT2D eigenvalue weighted by atomic mass is 35.5. The maximum atomic E-state index is 12.9. The Bertz CT molecular complexity index is 899. The van der Waals surface area contributed by atoms with E-state index in [2.05, 4.69) is 10.3 Å². The van der Waals surface area contributed by atoms with Crippen molar-refractivity contribution < 1.29 is 9.90 Å². The number of amides is 1. The predicted octanol–water partition coefficient (Wildman–Crippen LogP) is 2.68. The molecular weight excluding hydrogens is 332 g/mol. The van der Waals surface area contributed by atoms with E-state index >= 15 is 0 Å². The fraction of sp³-hybridized carbons (Fsp3) is 0.375. The molecule has 7 nitrogen and oxygen atoms in total. The van der Waals surface area contributed by atoms with Gasteiger partial charge in [0.25, 0.3) is 5.56 Å². The Morgan fingerprint density at radius 1 is 1.54 bits per heavy atom. The average molecular weight is 347 g/mol. The highest BCUT2D eigenvalue weighted by molar-refractivity contribution is 6.35. The Balaban J connectivity index is 2.22. The quantitative estimate of drug-likeness (QED) is 0.865. The Hall–Kier alpha value is -2.59. The molecule has 2 N–H and O–H groups in total. The maximum Gasteiger partial charge on any atom is 0.405 e. The zero-order chi connectivity index (χ0) is 17.3. The van der Waals surface area contributed by atoms with Gasteiger partial charge in [-0.1, -0.05) is 17.7 Å². The molecule has 1 amide bonds. The predicted molar refractivity (Wildman–Crippen MR) is 87.9 cm³/mol. The van der Waals surface area contributed by atoms with Gasteiger partial charge in [-0.2, -0.15) is 5.26 Å². The van der Waals surface area contributed by atoms with Gasteiger partial charge in [0.05, 0.1) is 34.5 Å². The van der Waals surface area contributed by atoms with E-state index in [1.54, 1.807) is 18.2 Å². The molecule has 0 aliphatic heterocycles. The van der Waals surface area contributed by atoms with Crippen molar-refractivity contribution in [1.29, 1.82) is 5.26 Å². The van der Waals surface area contributed by atoms with E-state index < -0.39 is 12.1 Å². The number of nitrogens with zero attached hydrogens (tertiary/aromatic N) is 3. The van der Waals surface area contributed by atoms with Crippen LogP contribution in [0, 0.1) is 17.2 Å². The molecule has 1 aliphatic carbocycles. The summed E-state index contributed by atoms with van der Waals surface area (Å²) in [5.41, 5.74) is 0.0715. The summed E-state index contributed by atoms with van der Waals surface area (Å²) in [6, 6.07) is 6.40. The van der Waals surface area contributed by atoms with E-state index in [4.69, 9.17) is 22.0 Å². The van der Waals surface area contributed by atoms with Crippen molar-refractivity contribution in [2.45, 2.75) is 31.8 Å². The molecule has 24 heavy (non-hydrogen) atoms. The van der Waals surface area contributed by atoms with Crippen LogP contribution in [0.15, 0.2) is 23.0 Å². The van der Waals surface area contributed by atoms with Gasteiger partial charge in [0, 0.05) is 6.54 Å². The van der Waals surface area contributed by atoms with Gasteiger partial charge in [-0.05, 0) is 30.9 Å². The SMILES string of the molecule is N#CCCn1c(C(NC(=O)O)C2CC2)nc2cccc(Cl)c2c1=O. The number of fused-ring (bicyclic) bond motifs is 1. The third kappa shape index (κ3) is 3.05. The second kappa shape index (κ2) is 6.49. The molecule has 1 aromatic heterocycles. The topological polar surface area (TPSA) is 108 Å². The highest BCUT2D eigenvalue weighted by Gasteiger charge is 2.36. The van der Waals surface area contributed by atoms with Crippen LogP contribution in [0.5, 0.6) is 0 Å². The number of aromatic nitrogens is 2. The van der Waals surface area contributed by atoms with Crippen molar-refractivity contribution in [3.63, 3.8) is 0 Å². The van der Waals surface area contributed by atoms with Gasteiger partial charge >= 0.3 is 6.09 Å². The van der Waals surface area contributed by atoms with Crippen LogP contribution in [-0.4, -0.2) is 20.8 Å². The number of halogens is 1. The highest BCUT2D eigenvalue weighted by Crippen LogP contribution is 2.40. The summed E-state index contributed by atoms with van der Waals surface area (Å²) in [4.78, 5) is 28.5. The van der Waals surface area contributed by atoms with Crippen LogP contribution in [0.25, 0.3) is 10.9 Å². The first-order chi connectivity index (χ1) is 11.5. The largest absolute Gasteiger partial charge is 0.465 e. The van der Waals surface area contributed by atoms with E-state index in [1.165, 1.54) is 4.57 Å². The Kier molecular flexibility index (Phi) is 4.40. The van der Waals surface area contributed by atoms with Gasteiger partial charge in [0.2, 0.25) is 0 Å². The molecule has 124 valence electrons. The number of carboxylic acid groups (broad SMARTS) is 1. The van der Waals surface area contributed by atoms with Gasteiger partial charge in [0.15, 0.2) is 0 Å². The molecule has 0 spiro atoms. The monoisotopic (exact) mass is 346 g/mol. The number of hydrogen-bond donors (Lipinski definition) is 2. The molecule has 1 heterocycles. The van der Waals surface area contributed by atoms with Crippen LogP contribution < -0.4 is 10.9 Å². The lowest BCUT2D eigenvalue weighted by Crippen LogP contribution is -2.35. The van der Waals surface area contributed by atoms with Crippen molar-refractivity contribution in [3.8, 4) is 6.07 Å². The van der Waals surface area contributed by atoms with E-state index in [9.17, 15) is 9.59 Å². The maximum absolute atomic E-state index is 12.9. The Labute approximate surface area is 142 Å². The Morgan fingerprint density at radius 3 is 2.92 bits per heavy atom. The molecule has 0 radical (unpaired) electrons. The summed E-state index contributed by atoms with van der Waals surface area (Å²) in [5.74, 6) is 0.452. The summed E-state index contributed by atoms with van der Waals surface area (Å²) >= 11 is 6.13. The second-order valence-corrected chi connectivity index (χ2v) is 6.14. The van der Waals surface area contributed by atoms with Crippen molar-refractivity contribution in [3.05, 3.63) is 39.4 Å². The number of rotatable bonds is 5. The van der Waals surface area contributed by atoms with E-state index in [0.29, 0.717) is 11.3 Å². The minimum absolute atomic E-state index is 0.109. The van der Waals surface area contributed by atoms with Gasteiger partial charge in [-0.25, -0.2) is 9.78 Å². The van der Waals surface area contributed by atoms with Gasteiger partial charge in [-0.15, -0.1) is 0 Å². The van der Waals surface area contributed by atoms with Crippen LogP contribution >= 0.6 is 11.6 Å². The summed E-state index contributed by atoms with van der Waals surface area (Å²) in [7, 11) is 0. The van der Waals surface area contributed by atoms with Gasteiger partial charge < -0.3 is 10.4 Å². The molecule has 3 rings (SSSR count). The number of benzene rings is 1. The first-order valence-electron chi connectivity index (χ1n) is 7.58. The number of nitrogens with one attached hydrogen (secondary N) is 1. The van der Waals surface area contributed by atoms with E-state index in [1.807, 2.05) is 6.07 Å². The van der Waals surface area contributed by atoms with Crippen LogP contribution in [-0.2, 0) is 6.54 Å². The molecule has 1 aromatic carbocycles. The van der Waals surface area contributed by atoms with Crippen molar-refractivity contribution in [1.82, 2.24) is 14.9 Å². The first kappa shape index (κ1) is 16.3. The van der Waals surface area contributed by atoms with Crippen molar-refractivity contribution >= 4 is 28.6 Å². The summed E-state index contributed by atoms with van der Waals surface area (Å²) in [5, 5.41) is 21.0. The molecule has 1 saturated carbocycles. The van der Waals surface area contributed by atoms with Crippen LogP contribution in [0.1, 0.15) is 31.1 Å². The zero-order valence-electron chi connectivity index (χ0n) is 12.7. The molecule has 1 unspecified atom stereocenters. The summed E-state index contributed by atoms with van der Waals surface area (Å²) in [6.07, 6.45) is 0.688. The number of nitriles is 1. The smallest absolute Gasteiger partial charge is 0.405 e. The minimum atomic E-state index is -1.17. The van der Waals surface area contributed by atoms with Crippen molar-refractivity contribution in [2.75, 3.05) is 0 Å². The standard InChI is InChI=1S/C16H15ClN4O3/c17-10-3-1-4-11-12(10)15(22)21(8-2-7-18)14(19-11)13(9-5-6-9)20-16(23)24/h1,3-4,9,13,20H,2,5-6,8H2,(H,23,24). The van der Waals surface area contributed by atoms with Crippen LogP contribution in [0.4, 0.5) is 4.79 Å². The van der Waals surface area contributed by atoms with Gasteiger partial charge in [-0.3, -0.25) is 9.36 Å². The van der Waals surface area contributed by atoms with E-state index in [0.717, 1.165) is 12.8 Å². The molecule has 0 saturated heterocycles. The Morgan fingerprint density at radius 2 is 2.29 bits per heavy atom. The first-order valence-corrected chi connectivity index (χ1v) is 7.96. The molecule has 1 aliphatic rings. The molecule has 2 aromatic rings. The fourth-order valence-electron chi connectivity index (χ4n) is 2.81. The lowest BCUT2D eigenvalue weighted by atomic mass is 10.1. The number of carbonyl (C=O) groups is 1. The zero-order valence-corrected chi connectivity index (χ0v) is 13.5. The second-order valence-electron chi connectivity index (χ2n) is 5.73. The normalized spacial score (nSPS) is 15.0. The van der Waals surface area contributed by atoms with Crippen LogP contribution in [0.3, 0.4) is 0 Å². The fourth-order valence-corrected chi connectivity index (χ4v) is 3.06. The van der Waals surface area contributed by atoms with Gasteiger partial charge in [0.1, 0.15) is 5.82 Å². The molecular formula is C16H15ClN4O3. The summed E-state index contributed by atoms with van der Waals surface area (Å²) in [6.45, 7) is 0.142. The average Bonchev–Trinajstić information content (AvgIpc) is 3.36. The molecule has 0 bridgehead atoms. The van der Waals surface area contributed by atoms with Crippen LogP contribution in [0.2, 0.25) is 5.02 Å².